The van der Waals surface area contributed by atoms with Crippen molar-refractivity contribution >= 4 is 22.5 Å². The first kappa shape index (κ1) is 17.1. The van der Waals surface area contributed by atoms with Crippen molar-refractivity contribution in [2.24, 2.45) is 5.92 Å². The van der Waals surface area contributed by atoms with Gasteiger partial charge in [0, 0.05) is 30.2 Å². The predicted molar refractivity (Wildman–Crippen MR) is 82.8 cm³/mol. The number of nitrogens with one attached hydrogen (secondary N) is 1. The van der Waals surface area contributed by atoms with Crippen LogP contribution < -0.4 is 5.32 Å². The van der Waals surface area contributed by atoms with Gasteiger partial charge in [0.05, 0.1) is 0 Å². The largest absolute Gasteiger partial charge is 0.433 e. The summed E-state index contributed by atoms with van der Waals surface area (Å²) in [5, 5.41) is 3.10. The van der Waals surface area contributed by atoms with Crippen LogP contribution in [0.25, 0.3) is 5.03 Å². The highest BCUT2D eigenvalue weighted by molar-refractivity contribution is 6.49. The maximum Gasteiger partial charge on any atom is 0.433 e. The number of hydrogen-bond donors (Lipinski definition) is 1. The molecule has 0 bridgehead atoms. The van der Waals surface area contributed by atoms with Gasteiger partial charge in [0.2, 0.25) is 0 Å². The molecule has 2 rings (SSSR count). The van der Waals surface area contributed by atoms with Gasteiger partial charge in [-0.2, -0.15) is 13.2 Å². The van der Waals surface area contributed by atoms with Crippen molar-refractivity contribution in [3.05, 3.63) is 29.5 Å². The fourth-order valence-corrected chi connectivity index (χ4v) is 3.05. The van der Waals surface area contributed by atoms with Crippen molar-refractivity contribution in [1.82, 2.24) is 9.88 Å². The normalized spacial score (nSPS) is 23.9. The molecule has 1 fully saturated rings. The molecule has 122 valence electrons. The van der Waals surface area contributed by atoms with Gasteiger partial charge in [-0.3, -0.25) is 4.90 Å². The summed E-state index contributed by atoms with van der Waals surface area (Å²) in [5.74, 6) is 0.704. The highest BCUT2D eigenvalue weighted by atomic mass is 35.5. The van der Waals surface area contributed by atoms with E-state index < -0.39 is 11.9 Å². The Morgan fingerprint density at radius 1 is 1.45 bits per heavy atom. The summed E-state index contributed by atoms with van der Waals surface area (Å²) in [7, 11) is 3.54. The van der Waals surface area contributed by atoms with Crippen LogP contribution in [0.2, 0.25) is 0 Å². The lowest BCUT2D eigenvalue weighted by atomic mass is 10.1. The van der Waals surface area contributed by atoms with Gasteiger partial charge in [0.15, 0.2) is 0 Å². The molecule has 22 heavy (non-hydrogen) atoms. The van der Waals surface area contributed by atoms with Crippen molar-refractivity contribution in [2.45, 2.75) is 25.6 Å². The molecule has 7 heteroatoms. The number of rotatable bonds is 3. The highest BCUT2D eigenvalue weighted by Gasteiger charge is 2.33. The van der Waals surface area contributed by atoms with Crippen molar-refractivity contribution in [3.8, 4) is 0 Å². The second-order valence-electron chi connectivity index (χ2n) is 5.70. The Balaban J connectivity index is 2.31. The fourth-order valence-electron chi connectivity index (χ4n) is 2.75. The molecule has 2 unspecified atom stereocenters. The third-order valence-corrected chi connectivity index (χ3v) is 4.16. The third-order valence-electron chi connectivity index (χ3n) is 3.83. The van der Waals surface area contributed by atoms with Gasteiger partial charge in [-0.1, -0.05) is 18.5 Å². The van der Waals surface area contributed by atoms with E-state index in [4.69, 9.17) is 11.6 Å². The molecule has 1 aliphatic heterocycles. The van der Waals surface area contributed by atoms with Crippen molar-refractivity contribution in [2.75, 3.05) is 26.0 Å². The van der Waals surface area contributed by atoms with Crippen molar-refractivity contribution in [3.63, 3.8) is 0 Å². The molecular weight excluding hydrogens is 315 g/mol. The number of likely N-dealkylation sites (tertiary alicyclic amines) is 1. The lowest BCUT2D eigenvalue weighted by Gasteiger charge is -2.17. The molecule has 1 aromatic heterocycles. The van der Waals surface area contributed by atoms with Crippen LogP contribution >= 0.6 is 11.6 Å². The van der Waals surface area contributed by atoms with E-state index in [1.54, 1.807) is 0 Å². The summed E-state index contributed by atoms with van der Waals surface area (Å²) in [4.78, 5) is 5.80. The molecule has 1 aromatic rings. The molecule has 2 atom stereocenters. The summed E-state index contributed by atoms with van der Waals surface area (Å²) in [6.07, 6.45) is -1.60. The molecule has 0 spiro atoms. The van der Waals surface area contributed by atoms with E-state index in [-0.39, 0.29) is 11.9 Å². The number of alkyl halides is 3. The first-order valence-electron chi connectivity index (χ1n) is 7.06. The van der Waals surface area contributed by atoms with Gasteiger partial charge in [-0.25, -0.2) is 4.98 Å². The van der Waals surface area contributed by atoms with Crippen LogP contribution in [0.3, 0.4) is 0 Å². The van der Waals surface area contributed by atoms with Gasteiger partial charge in [0.25, 0.3) is 0 Å². The number of aromatic nitrogens is 1. The summed E-state index contributed by atoms with van der Waals surface area (Å²) in [5.41, 5.74) is -0.457. The minimum atomic E-state index is -4.47. The highest BCUT2D eigenvalue weighted by Crippen LogP contribution is 2.34. The smallest absolute Gasteiger partial charge is 0.373 e. The molecule has 0 aromatic carbocycles. The van der Waals surface area contributed by atoms with E-state index in [0.717, 1.165) is 19.0 Å². The first-order chi connectivity index (χ1) is 10.2. The third kappa shape index (κ3) is 3.73. The Kier molecular flexibility index (Phi) is 5.02. The first-order valence-corrected chi connectivity index (χ1v) is 7.44. The van der Waals surface area contributed by atoms with E-state index in [1.807, 2.05) is 13.1 Å². The SMILES string of the molecule is CNc1nc(C(F)(F)F)ccc1/C(Cl)=C/C1CC(C)CN1C. The molecule has 1 aliphatic rings. The minimum Gasteiger partial charge on any atom is -0.373 e. The average molecular weight is 334 g/mol. The van der Waals surface area contributed by atoms with E-state index in [1.165, 1.54) is 13.1 Å². The molecule has 3 nitrogen and oxygen atoms in total. The topological polar surface area (TPSA) is 28.2 Å². The quantitative estimate of drug-likeness (QED) is 0.904. The molecular formula is C15H19ClF3N3. The van der Waals surface area contributed by atoms with Crippen LogP contribution in [0, 0.1) is 5.92 Å². The van der Waals surface area contributed by atoms with Crippen molar-refractivity contribution < 1.29 is 13.2 Å². The lowest BCUT2D eigenvalue weighted by molar-refractivity contribution is -0.141. The van der Waals surface area contributed by atoms with Gasteiger partial charge in [-0.05, 0) is 37.6 Å². The van der Waals surface area contributed by atoms with Crippen LogP contribution in [0.1, 0.15) is 24.6 Å². The second kappa shape index (κ2) is 6.46. The zero-order valence-corrected chi connectivity index (χ0v) is 13.5. The Morgan fingerprint density at radius 2 is 2.14 bits per heavy atom. The molecule has 1 N–H and O–H groups in total. The van der Waals surface area contributed by atoms with Gasteiger partial charge >= 0.3 is 6.18 Å². The number of nitrogens with zero attached hydrogens (tertiary/aromatic N) is 2. The average Bonchev–Trinajstić information content (AvgIpc) is 2.75. The Labute approximate surface area is 133 Å². The number of anilines is 1. The second-order valence-corrected chi connectivity index (χ2v) is 6.11. The lowest BCUT2D eigenvalue weighted by Crippen LogP contribution is -2.23. The Hall–Kier alpha value is -1.27. The van der Waals surface area contributed by atoms with Crippen LogP contribution in [-0.4, -0.2) is 36.6 Å². The number of hydrogen-bond acceptors (Lipinski definition) is 3. The van der Waals surface area contributed by atoms with E-state index >= 15 is 0 Å². The maximum atomic E-state index is 12.7. The minimum absolute atomic E-state index is 0.129. The monoisotopic (exact) mass is 333 g/mol. The Morgan fingerprint density at radius 3 is 2.64 bits per heavy atom. The summed E-state index contributed by atoms with van der Waals surface area (Å²) >= 11 is 6.32. The molecule has 0 aliphatic carbocycles. The van der Waals surface area contributed by atoms with Gasteiger partial charge in [0.1, 0.15) is 11.5 Å². The molecule has 0 amide bonds. The van der Waals surface area contributed by atoms with Crippen LogP contribution in [0.15, 0.2) is 18.2 Å². The molecule has 0 radical (unpaired) electrons. The van der Waals surface area contributed by atoms with E-state index in [2.05, 4.69) is 22.1 Å². The molecule has 2 heterocycles. The van der Waals surface area contributed by atoms with Crippen molar-refractivity contribution in [1.29, 1.82) is 0 Å². The number of pyridine rings is 1. The summed E-state index contributed by atoms with van der Waals surface area (Å²) < 4.78 is 38.1. The van der Waals surface area contributed by atoms with Gasteiger partial charge < -0.3 is 5.32 Å². The standard InChI is InChI=1S/C15H19ClF3N3/c1-9-6-10(22(3)8-9)7-12(16)11-4-5-13(15(17,18)19)21-14(11)20-2/h4-5,7,9-10H,6,8H2,1-3H3,(H,20,21)/b12-7-. The Bertz CT molecular complexity index is 572. The fraction of sp³-hybridized carbons (Fsp3) is 0.533. The van der Waals surface area contributed by atoms with Crippen LogP contribution in [0.4, 0.5) is 19.0 Å². The van der Waals surface area contributed by atoms with Gasteiger partial charge in [-0.15, -0.1) is 0 Å². The summed E-state index contributed by atoms with van der Waals surface area (Å²) in [6.45, 7) is 3.15. The van der Waals surface area contributed by atoms with E-state index in [0.29, 0.717) is 16.5 Å². The molecule has 1 saturated heterocycles. The maximum absolute atomic E-state index is 12.7. The number of likely N-dealkylation sites (N-methyl/N-ethyl adjacent to an activating group) is 1. The van der Waals surface area contributed by atoms with Crippen LogP contribution in [-0.2, 0) is 6.18 Å². The number of halogens is 4. The zero-order valence-electron chi connectivity index (χ0n) is 12.7. The molecule has 0 saturated carbocycles. The van der Waals surface area contributed by atoms with Crippen LogP contribution in [0.5, 0.6) is 0 Å². The predicted octanol–water partition coefficient (Wildman–Crippen LogP) is 4.06. The zero-order chi connectivity index (χ0) is 16.5. The van der Waals surface area contributed by atoms with E-state index in [9.17, 15) is 13.2 Å². The summed E-state index contributed by atoms with van der Waals surface area (Å²) in [6, 6.07) is 2.50.